The van der Waals surface area contributed by atoms with E-state index in [-0.39, 0.29) is 0 Å². The maximum Gasteiger partial charge on any atom is 0.312 e. The summed E-state index contributed by atoms with van der Waals surface area (Å²) in [6, 6.07) is 4.27. The lowest BCUT2D eigenvalue weighted by atomic mass is 10.2. The van der Waals surface area contributed by atoms with Gasteiger partial charge in [-0.3, -0.25) is 15.0 Å². The second-order valence-corrected chi connectivity index (χ2v) is 7.69. The van der Waals surface area contributed by atoms with Gasteiger partial charge in [-0.05, 0) is 30.9 Å². The first kappa shape index (κ1) is 16.2. The summed E-state index contributed by atoms with van der Waals surface area (Å²) in [4.78, 5) is 14.5. The molecule has 1 heterocycles. The minimum Gasteiger partial charge on any atom is -0.363 e. The molecule has 0 amide bonds. The smallest absolute Gasteiger partial charge is 0.312 e. The Morgan fingerprint density at radius 2 is 1.87 bits per heavy atom. The fourth-order valence-electron chi connectivity index (χ4n) is 3.02. The molecule has 9 heteroatoms. The second-order valence-electron chi connectivity index (χ2n) is 6.16. The highest BCUT2D eigenvalue weighted by atomic mass is 32.2. The van der Waals surface area contributed by atoms with E-state index in [4.69, 9.17) is 5.14 Å². The number of hydrogen-bond acceptors (Lipinski definition) is 6. The summed E-state index contributed by atoms with van der Waals surface area (Å²) in [6.07, 6.45) is 2.59. The number of sulfonamides is 1. The topological polar surface area (TPSA) is 110 Å². The van der Waals surface area contributed by atoms with Crippen molar-refractivity contribution in [1.82, 2.24) is 4.90 Å². The Labute approximate surface area is 135 Å². The molecule has 2 aliphatic rings. The molecule has 0 bridgehead atoms. The summed E-state index contributed by atoms with van der Waals surface area (Å²) in [5.74, 6) is 0.807. The van der Waals surface area contributed by atoms with Crippen molar-refractivity contribution in [2.24, 2.45) is 11.1 Å². The Kier molecular flexibility index (Phi) is 4.26. The molecule has 1 saturated heterocycles. The molecule has 23 heavy (non-hydrogen) atoms. The van der Waals surface area contributed by atoms with Gasteiger partial charge in [-0.1, -0.05) is 6.07 Å². The molecule has 8 nitrogen and oxygen atoms in total. The van der Waals surface area contributed by atoms with E-state index in [1.54, 1.807) is 6.07 Å². The van der Waals surface area contributed by atoms with Crippen LogP contribution in [0.25, 0.3) is 0 Å². The molecule has 0 radical (unpaired) electrons. The first-order valence-corrected chi connectivity index (χ1v) is 9.18. The highest BCUT2D eigenvalue weighted by Gasteiger charge is 2.31. The van der Waals surface area contributed by atoms with Gasteiger partial charge in [0.25, 0.3) is 0 Å². The first-order valence-electron chi connectivity index (χ1n) is 7.64. The summed E-state index contributed by atoms with van der Waals surface area (Å²) in [6.45, 7) is 4.02. The number of nitrogens with zero attached hydrogens (tertiary/aromatic N) is 3. The summed E-state index contributed by atoms with van der Waals surface area (Å²) in [7, 11) is -4.14. The maximum atomic E-state index is 11.6. The minimum absolute atomic E-state index is 0.326. The van der Waals surface area contributed by atoms with Crippen LogP contribution in [0.15, 0.2) is 23.1 Å². The predicted molar refractivity (Wildman–Crippen MR) is 85.8 cm³/mol. The number of nitro benzene ring substituents is 1. The van der Waals surface area contributed by atoms with Crippen molar-refractivity contribution in [3.05, 3.63) is 28.3 Å². The van der Waals surface area contributed by atoms with Crippen LogP contribution in [0.5, 0.6) is 0 Å². The van der Waals surface area contributed by atoms with Gasteiger partial charge < -0.3 is 4.90 Å². The number of hydrogen-bond donors (Lipinski definition) is 1. The van der Waals surface area contributed by atoms with Crippen LogP contribution in [0.1, 0.15) is 12.8 Å². The fourth-order valence-corrected chi connectivity index (χ4v) is 3.73. The zero-order valence-corrected chi connectivity index (χ0v) is 13.5. The van der Waals surface area contributed by atoms with Crippen LogP contribution in [0.4, 0.5) is 11.4 Å². The Morgan fingerprint density at radius 1 is 1.22 bits per heavy atom. The van der Waals surface area contributed by atoms with Crippen molar-refractivity contribution < 1.29 is 13.3 Å². The Hall–Kier alpha value is -1.71. The van der Waals surface area contributed by atoms with Crippen LogP contribution in [-0.2, 0) is 10.0 Å². The van der Waals surface area contributed by atoms with Crippen molar-refractivity contribution in [3.63, 3.8) is 0 Å². The Morgan fingerprint density at radius 3 is 2.39 bits per heavy atom. The lowest BCUT2D eigenvalue weighted by molar-refractivity contribution is -0.387. The normalized spacial score (nSPS) is 19.8. The number of benzene rings is 1. The van der Waals surface area contributed by atoms with Crippen molar-refractivity contribution in [3.8, 4) is 0 Å². The molecule has 0 atom stereocenters. The molecule has 1 aliphatic heterocycles. The summed E-state index contributed by atoms with van der Waals surface area (Å²) in [5.41, 5.74) is -0.0989. The predicted octanol–water partition coefficient (Wildman–Crippen LogP) is 0.774. The Bertz CT molecular complexity index is 709. The van der Waals surface area contributed by atoms with Crippen LogP contribution in [0.3, 0.4) is 0 Å². The van der Waals surface area contributed by atoms with Gasteiger partial charge in [0, 0.05) is 32.7 Å². The number of nitro groups is 1. The molecule has 126 valence electrons. The van der Waals surface area contributed by atoms with E-state index in [0.717, 1.165) is 25.6 Å². The minimum atomic E-state index is -4.14. The summed E-state index contributed by atoms with van der Waals surface area (Å²) < 4.78 is 23.2. The number of primary sulfonamides is 1. The molecule has 1 aromatic rings. The molecular weight excluding hydrogens is 320 g/mol. The Balaban J connectivity index is 1.83. The lowest BCUT2D eigenvalue weighted by Crippen LogP contribution is -2.47. The third-order valence-electron chi connectivity index (χ3n) is 4.39. The van der Waals surface area contributed by atoms with Crippen LogP contribution in [0, 0.1) is 16.0 Å². The van der Waals surface area contributed by atoms with Gasteiger partial charge in [-0.15, -0.1) is 0 Å². The third kappa shape index (κ3) is 3.62. The number of anilines is 1. The SMILES string of the molecule is NS(=O)(=O)c1cccc(N2CCN(CC3CC3)CC2)c1[N+](=O)[O-]. The van der Waals surface area contributed by atoms with Crippen molar-refractivity contribution >= 4 is 21.4 Å². The second kappa shape index (κ2) is 6.06. The monoisotopic (exact) mass is 340 g/mol. The van der Waals surface area contributed by atoms with Gasteiger partial charge in [0.15, 0.2) is 4.90 Å². The van der Waals surface area contributed by atoms with Gasteiger partial charge in [-0.2, -0.15) is 0 Å². The van der Waals surface area contributed by atoms with Crippen LogP contribution in [0.2, 0.25) is 0 Å². The molecule has 0 spiro atoms. The van der Waals surface area contributed by atoms with Gasteiger partial charge in [0.2, 0.25) is 10.0 Å². The molecule has 0 unspecified atom stereocenters. The molecule has 3 rings (SSSR count). The van der Waals surface area contributed by atoms with Crippen molar-refractivity contribution in [2.45, 2.75) is 17.7 Å². The van der Waals surface area contributed by atoms with Crippen LogP contribution in [-0.4, -0.2) is 51.0 Å². The summed E-state index contributed by atoms with van der Waals surface area (Å²) >= 11 is 0. The molecule has 2 fully saturated rings. The van der Waals surface area contributed by atoms with Gasteiger partial charge in [0.05, 0.1) is 4.92 Å². The lowest BCUT2D eigenvalue weighted by Gasteiger charge is -2.36. The van der Waals surface area contributed by atoms with Crippen molar-refractivity contribution in [2.75, 3.05) is 37.6 Å². The van der Waals surface area contributed by atoms with E-state index in [1.165, 1.54) is 25.0 Å². The van der Waals surface area contributed by atoms with E-state index in [1.807, 2.05) is 4.90 Å². The molecule has 1 aromatic carbocycles. The number of para-hydroxylation sites is 1. The highest BCUT2D eigenvalue weighted by molar-refractivity contribution is 7.89. The molecule has 1 saturated carbocycles. The van der Waals surface area contributed by atoms with E-state index in [0.29, 0.717) is 18.8 Å². The van der Waals surface area contributed by atoms with Gasteiger partial charge in [0.1, 0.15) is 5.69 Å². The summed E-state index contributed by atoms with van der Waals surface area (Å²) in [5, 5.41) is 16.5. The largest absolute Gasteiger partial charge is 0.363 e. The van der Waals surface area contributed by atoms with E-state index >= 15 is 0 Å². The maximum absolute atomic E-state index is 11.6. The van der Waals surface area contributed by atoms with Crippen molar-refractivity contribution in [1.29, 1.82) is 0 Å². The fraction of sp³-hybridized carbons (Fsp3) is 0.571. The number of piperazine rings is 1. The zero-order valence-electron chi connectivity index (χ0n) is 12.7. The third-order valence-corrected chi connectivity index (χ3v) is 5.34. The molecule has 1 aliphatic carbocycles. The average molecular weight is 340 g/mol. The van der Waals surface area contributed by atoms with Gasteiger partial charge in [-0.25, -0.2) is 13.6 Å². The molecule has 0 aromatic heterocycles. The highest BCUT2D eigenvalue weighted by Crippen LogP contribution is 2.35. The number of nitrogens with two attached hydrogens (primary N) is 1. The standard InChI is InChI=1S/C14H20N4O4S/c15-23(21,22)13-3-1-2-12(14(13)18(19)20)17-8-6-16(7-9-17)10-11-4-5-11/h1-3,11H,4-10H2,(H2,15,21,22). The quantitative estimate of drug-likeness (QED) is 0.626. The first-order chi connectivity index (χ1) is 10.9. The van der Waals surface area contributed by atoms with Crippen LogP contribution >= 0.6 is 0 Å². The molecular formula is C14H20N4O4S. The van der Waals surface area contributed by atoms with E-state index in [9.17, 15) is 18.5 Å². The zero-order chi connectivity index (χ0) is 16.6. The number of rotatable bonds is 5. The van der Waals surface area contributed by atoms with E-state index in [2.05, 4.69) is 4.90 Å². The van der Waals surface area contributed by atoms with Crippen LogP contribution < -0.4 is 10.0 Å². The molecule has 2 N–H and O–H groups in total. The van der Waals surface area contributed by atoms with E-state index < -0.39 is 25.5 Å². The van der Waals surface area contributed by atoms with Gasteiger partial charge >= 0.3 is 5.69 Å². The average Bonchev–Trinajstić information content (AvgIpc) is 3.30.